The highest BCUT2D eigenvalue weighted by molar-refractivity contribution is 6.32. The van der Waals surface area contributed by atoms with E-state index in [9.17, 15) is 24.5 Å². The summed E-state index contributed by atoms with van der Waals surface area (Å²) in [7, 11) is 1.13. The van der Waals surface area contributed by atoms with Crippen LogP contribution in [0.1, 0.15) is 5.56 Å². The summed E-state index contributed by atoms with van der Waals surface area (Å²) < 4.78 is 9.72. The minimum absolute atomic E-state index is 0.0217. The number of nitrogens with one attached hydrogen (secondary N) is 1. The second kappa shape index (κ2) is 8.62. The number of benzene rings is 2. The van der Waals surface area contributed by atoms with E-state index in [0.29, 0.717) is 5.69 Å². The first-order chi connectivity index (χ1) is 14.3. The number of anilines is 1. The van der Waals surface area contributed by atoms with E-state index in [1.807, 2.05) is 0 Å². The van der Waals surface area contributed by atoms with Gasteiger partial charge in [-0.3, -0.25) is 25.1 Å². The van der Waals surface area contributed by atoms with Crippen LogP contribution in [-0.4, -0.2) is 36.4 Å². The van der Waals surface area contributed by atoms with E-state index in [4.69, 9.17) is 16.3 Å². The quantitative estimate of drug-likeness (QED) is 0.244. The summed E-state index contributed by atoms with van der Waals surface area (Å²) >= 11 is 5.96. The van der Waals surface area contributed by atoms with Gasteiger partial charge < -0.3 is 9.47 Å². The zero-order valence-corrected chi connectivity index (χ0v) is 16.2. The molecule has 2 amide bonds. The maximum Gasteiger partial charge on any atom is 0.343 e. The number of methoxy groups -OCH3 is 1. The number of halogens is 1. The maximum atomic E-state index is 12.7. The third kappa shape index (κ3) is 4.23. The molecular weight excluding hydrogens is 418 g/mol. The zero-order valence-electron chi connectivity index (χ0n) is 15.5. The molecule has 0 unspecified atom stereocenters. The first kappa shape index (κ1) is 20.8. The van der Waals surface area contributed by atoms with Crippen molar-refractivity contribution in [1.82, 2.24) is 5.43 Å². The lowest BCUT2D eigenvalue weighted by molar-refractivity contribution is -0.385. The van der Waals surface area contributed by atoms with Gasteiger partial charge in [-0.1, -0.05) is 29.8 Å². The van der Waals surface area contributed by atoms with Gasteiger partial charge in [0, 0.05) is 16.7 Å². The van der Waals surface area contributed by atoms with Gasteiger partial charge in [-0.05, 0) is 24.3 Å². The van der Waals surface area contributed by atoms with Gasteiger partial charge >= 0.3 is 11.7 Å². The molecule has 30 heavy (non-hydrogen) atoms. The summed E-state index contributed by atoms with van der Waals surface area (Å²) in [4.78, 5) is 47.2. The Kier molecular flexibility index (Phi) is 5.98. The van der Waals surface area contributed by atoms with Crippen LogP contribution in [-0.2, 0) is 19.1 Å². The third-order valence-corrected chi connectivity index (χ3v) is 4.25. The Bertz CT molecular complexity index is 1070. The number of carbonyl (C=O) groups is 3. The second-order valence-electron chi connectivity index (χ2n) is 5.94. The molecule has 154 valence electrons. The number of amides is 2. The van der Waals surface area contributed by atoms with Gasteiger partial charge in [0.2, 0.25) is 5.75 Å². The summed E-state index contributed by atoms with van der Waals surface area (Å²) in [5.74, 6) is -2.50. The van der Waals surface area contributed by atoms with Gasteiger partial charge in [-0.15, -0.1) is 0 Å². The summed E-state index contributed by atoms with van der Waals surface area (Å²) in [6.45, 7) is -0.620. The van der Waals surface area contributed by atoms with E-state index >= 15 is 0 Å². The zero-order chi connectivity index (χ0) is 21.8. The van der Waals surface area contributed by atoms with E-state index in [-0.39, 0.29) is 21.9 Å². The molecule has 1 heterocycles. The molecule has 3 rings (SSSR count). The average Bonchev–Trinajstić information content (AvgIpc) is 3.01. The van der Waals surface area contributed by atoms with Crippen molar-refractivity contribution >= 4 is 46.8 Å². The molecule has 10 nitrogen and oxygen atoms in total. The van der Waals surface area contributed by atoms with Crippen molar-refractivity contribution < 1.29 is 28.8 Å². The fourth-order valence-corrected chi connectivity index (χ4v) is 2.88. The minimum Gasteiger partial charge on any atom is -0.474 e. The van der Waals surface area contributed by atoms with Gasteiger partial charge in [-0.25, -0.2) is 9.80 Å². The molecule has 1 N–H and O–H groups in total. The first-order valence-corrected chi connectivity index (χ1v) is 8.79. The van der Waals surface area contributed by atoms with E-state index in [1.165, 1.54) is 6.07 Å². The Hall–Kier alpha value is -3.92. The van der Waals surface area contributed by atoms with Crippen molar-refractivity contribution in [2.24, 2.45) is 0 Å². The highest BCUT2D eigenvalue weighted by atomic mass is 35.5. The predicted molar refractivity (Wildman–Crippen MR) is 106 cm³/mol. The van der Waals surface area contributed by atoms with Crippen LogP contribution >= 0.6 is 11.6 Å². The lowest BCUT2D eigenvalue weighted by Gasteiger charge is -2.14. The van der Waals surface area contributed by atoms with Crippen LogP contribution in [0.2, 0.25) is 5.02 Å². The molecule has 0 radical (unpaired) electrons. The van der Waals surface area contributed by atoms with Gasteiger partial charge in [0.1, 0.15) is 5.57 Å². The summed E-state index contributed by atoms with van der Waals surface area (Å²) in [6, 6.07) is 10.7. The number of hydrazine groups is 1. The first-order valence-electron chi connectivity index (χ1n) is 8.41. The Morgan fingerprint density at radius 3 is 2.60 bits per heavy atom. The van der Waals surface area contributed by atoms with Crippen molar-refractivity contribution in [3.05, 3.63) is 68.7 Å². The van der Waals surface area contributed by atoms with Crippen LogP contribution in [0.5, 0.6) is 5.75 Å². The molecule has 0 atom stereocenters. The summed E-state index contributed by atoms with van der Waals surface area (Å²) in [6.07, 6.45) is 1.12. The van der Waals surface area contributed by atoms with E-state index in [1.54, 1.807) is 30.3 Å². The SMILES string of the molecule is COC(=O)COc1c(C=C2C(=O)NN(c3ccccc3)C2=O)cc(Cl)cc1[N+](=O)[O-]. The highest BCUT2D eigenvalue weighted by Crippen LogP contribution is 2.36. The lowest BCUT2D eigenvalue weighted by atomic mass is 10.1. The number of ether oxygens (including phenoxy) is 2. The summed E-state index contributed by atoms with van der Waals surface area (Å²) in [5.41, 5.74) is 1.99. The van der Waals surface area contributed by atoms with Crippen molar-refractivity contribution in [1.29, 1.82) is 0 Å². The predicted octanol–water partition coefficient (Wildman–Crippen LogP) is 2.26. The fourth-order valence-electron chi connectivity index (χ4n) is 2.66. The molecule has 0 aliphatic carbocycles. The lowest BCUT2D eigenvalue weighted by Crippen LogP contribution is -2.35. The molecule has 11 heteroatoms. The third-order valence-electron chi connectivity index (χ3n) is 4.03. The molecule has 1 aliphatic rings. The number of hydrogen-bond acceptors (Lipinski definition) is 7. The van der Waals surface area contributed by atoms with Crippen molar-refractivity contribution in [2.45, 2.75) is 0 Å². The number of esters is 1. The smallest absolute Gasteiger partial charge is 0.343 e. The minimum atomic E-state index is -0.775. The molecular formula is C19H14ClN3O7. The standard InChI is InChI=1S/C19H14ClN3O7/c1-29-16(24)10-30-17-11(7-12(20)9-15(17)23(27)28)8-14-18(25)21-22(19(14)26)13-5-3-2-4-6-13/h2-9H,10H2,1H3,(H,21,25). The number of carbonyl (C=O) groups excluding carboxylic acids is 3. The highest BCUT2D eigenvalue weighted by Gasteiger charge is 2.35. The molecule has 2 aromatic carbocycles. The van der Waals surface area contributed by atoms with Crippen molar-refractivity contribution in [3.63, 3.8) is 0 Å². The molecule has 0 saturated carbocycles. The number of hydrogen-bond donors (Lipinski definition) is 1. The molecule has 1 aliphatic heterocycles. The van der Waals surface area contributed by atoms with Crippen molar-refractivity contribution in [3.8, 4) is 5.75 Å². The van der Waals surface area contributed by atoms with E-state index in [0.717, 1.165) is 24.3 Å². The van der Waals surface area contributed by atoms with Gasteiger partial charge in [0.15, 0.2) is 6.61 Å². The van der Waals surface area contributed by atoms with Crippen LogP contribution in [0.3, 0.4) is 0 Å². The van der Waals surface area contributed by atoms with E-state index < -0.39 is 35.0 Å². The van der Waals surface area contributed by atoms with Gasteiger partial charge in [-0.2, -0.15) is 0 Å². The largest absolute Gasteiger partial charge is 0.474 e. The Labute approximate surface area is 174 Å². The molecule has 0 bridgehead atoms. The average molecular weight is 432 g/mol. The van der Waals surface area contributed by atoms with Gasteiger partial charge in [0.25, 0.3) is 11.8 Å². The number of rotatable bonds is 6. The van der Waals surface area contributed by atoms with Crippen LogP contribution < -0.4 is 15.2 Å². The molecule has 1 saturated heterocycles. The van der Waals surface area contributed by atoms with Crippen LogP contribution in [0.4, 0.5) is 11.4 Å². The summed E-state index contributed by atoms with van der Waals surface area (Å²) in [5, 5.41) is 12.4. The molecule has 0 spiro atoms. The fraction of sp³-hybridized carbons (Fsp3) is 0.105. The number of nitro benzene ring substituents is 1. The molecule has 2 aromatic rings. The number of nitro groups is 1. The van der Waals surface area contributed by atoms with Crippen LogP contribution in [0.15, 0.2) is 48.0 Å². The Morgan fingerprint density at radius 1 is 1.27 bits per heavy atom. The van der Waals surface area contributed by atoms with E-state index in [2.05, 4.69) is 10.2 Å². The number of para-hydroxylation sites is 1. The van der Waals surface area contributed by atoms with Crippen LogP contribution in [0.25, 0.3) is 6.08 Å². The van der Waals surface area contributed by atoms with Gasteiger partial charge in [0.05, 0.1) is 17.7 Å². The number of nitrogens with zero attached hydrogens (tertiary/aromatic N) is 2. The second-order valence-corrected chi connectivity index (χ2v) is 6.38. The molecule has 0 aromatic heterocycles. The Balaban J connectivity index is 2.05. The normalized spacial score (nSPS) is 14.6. The topological polar surface area (TPSA) is 128 Å². The Morgan fingerprint density at radius 2 is 1.97 bits per heavy atom. The van der Waals surface area contributed by atoms with Crippen molar-refractivity contribution in [2.75, 3.05) is 18.7 Å². The monoisotopic (exact) mass is 431 g/mol. The molecule has 1 fully saturated rings. The maximum absolute atomic E-state index is 12.7. The van der Waals surface area contributed by atoms with Crippen LogP contribution in [0, 0.1) is 10.1 Å².